The van der Waals surface area contributed by atoms with Gasteiger partial charge in [-0.15, -0.1) is 0 Å². The molecule has 22 heavy (non-hydrogen) atoms. The first-order valence-corrected chi connectivity index (χ1v) is 6.73. The maximum atomic E-state index is 13.0. The number of pyridine rings is 1. The molecule has 124 valence electrons. The molecular weight excluding hydrogens is 299 g/mol. The standard InChI is InChI=1S/C14H20F3N3O2/c1-13(2,3)22-12(21)20-8-9(7-18)10-5-4-6-19-11(10)14(15,16)17/h4-6,9H,7-8,18H2,1-3H3,(H,20,21). The number of alkyl carbamates (subject to hydrolysis) is 1. The molecule has 0 aliphatic heterocycles. The molecule has 0 spiro atoms. The van der Waals surface area contributed by atoms with Crippen LogP contribution in [0, 0.1) is 0 Å². The minimum Gasteiger partial charge on any atom is -0.444 e. The van der Waals surface area contributed by atoms with Crippen LogP contribution in [0.5, 0.6) is 0 Å². The van der Waals surface area contributed by atoms with Crippen molar-refractivity contribution in [1.29, 1.82) is 0 Å². The molecule has 1 amide bonds. The van der Waals surface area contributed by atoms with Crippen LogP contribution in [-0.2, 0) is 10.9 Å². The fraction of sp³-hybridized carbons (Fsp3) is 0.571. The maximum Gasteiger partial charge on any atom is 0.433 e. The molecule has 1 heterocycles. The number of amides is 1. The monoisotopic (exact) mass is 319 g/mol. The molecule has 1 aromatic heterocycles. The molecule has 0 saturated carbocycles. The number of halogens is 3. The highest BCUT2D eigenvalue weighted by Crippen LogP contribution is 2.33. The Bertz CT molecular complexity index is 513. The number of rotatable bonds is 4. The van der Waals surface area contributed by atoms with Crippen molar-refractivity contribution in [2.75, 3.05) is 13.1 Å². The van der Waals surface area contributed by atoms with E-state index in [9.17, 15) is 18.0 Å². The predicted molar refractivity (Wildman–Crippen MR) is 75.3 cm³/mol. The van der Waals surface area contributed by atoms with Crippen LogP contribution >= 0.6 is 0 Å². The molecule has 1 aromatic rings. The molecule has 0 aliphatic carbocycles. The lowest BCUT2D eigenvalue weighted by Crippen LogP contribution is -2.36. The highest BCUT2D eigenvalue weighted by molar-refractivity contribution is 5.67. The minimum atomic E-state index is -4.57. The molecule has 1 atom stereocenters. The third-order valence-electron chi connectivity index (χ3n) is 2.72. The van der Waals surface area contributed by atoms with Gasteiger partial charge in [-0.3, -0.25) is 4.98 Å². The molecule has 0 bridgehead atoms. The van der Waals surface area contributed by atoms with Gasteiger partial charge < -0.3 is 15.8 Å². The number of nitrogens with two attached hydrogens (primary N) is 1. The fourth-order valence-corrected chi connectivity index (χ4v) is 1.82. The van der Waals surface area contributed by atoms with Gasteiger partial charge in [0.05, 0.1) is 0 Å². The topological polar surface area (TPSA) is 77.2 Å². The molecule has 5 nitrogen and oxygen atoms in total. The number of nitrogens with one attached hydrogen (secondary N) is 1. The largest absolute Gasteiger partial charge is 0.444 e. The number of hydrogen-bond acceptors (Lipinski definition) is 4. The van der Waals surface area contributed by atoms with E-state index in [1.165, 1.54) is 12.1 Å². The molecule has 1 rings (SSSR count). The quantitative estimate of drug-likeness (QED) is 0.894. The van der Waals surface area contributed by atoms with Crippen molar-refractivity contribution >= 4 is 6.09 Å². The lowest BCUT2D eigenvalue weighted by Gasteiger charge is -2.22. The Morgan fingerprint density at radius 3 is 2.55 bits per heavy atom. The Labute approximate surface area is 127 Å². The van der Waals surface area contributed by atoms with Crippen LogP contribution in [0.2, 0.25) is 0 Å². The number of ether oxygens (including phenoxy) is 1. The third kappa shape index (κ3) is 5.51. The number of carbonyl (C=O) groups is 1. The van der Waals surface area contributed by atoms with E-state index < -0.39 is 29.5 Å². The summed E-state index contributed by atoms with van der Waals surface area (Å²) in [5.74, 6) is -0.710. The number of hydrogen-bond donors (Lipinski definition) is 2. The Balaban J connectivity index is 2.84. The predicted octanol–water partition coefficient (Wildman–Crippen LogP) is 2.67. The number of aromatic nitrogens is 1. The number of alkyl halides is 3. The SMILES string of the molecule is CC(C)(C)OC(=O)NCC(CN)c1cccnc1C(F)(F)F. The van der Waals surface area contributed by atoms with Crippen molar-refractivity contribution in [1.82, 2.24) is 10.3 Å². The normalized spacial score (nSPS) is 13.6. The second-order valence-corrected chi connectivity index (χ2v) is 5.75. The summed E-state index contributed by atoms with van der Waals surface area (Å²) in [5.41, 5.74) is 3.82. The molecule has 8 heteroatoms. The highest BCUT2D eigenvalue weighted by Gasteiger charge is 2.36. The summed E-state index contributed by atoms with van der Waals surface area (Å²) in [5, 5.41) is 2.43. The third-order valence-corrected chi connectivity index (χ3v) is 2.72. The molecular formula is C14H20F3N3O2. The molecule has 0 saturated heterocycles. The summed E-state index contributed by atoms with van der Waals surface area (Å²) in [6.45, 7) is 4.94. The summed E-state index contributed by atoms with van der Waals surface area (Å²) in [6.07, 6.45) is -4.21. The van der Waals surface area contributed by atoms with Gasteiger partial charge in [-0.25, -0.2) is 4.79 Å². The summed E-state index contributed by atoms with van der Waals surface area (Å²) in [6, 6.07) is 2.71. The van der Waals surface area contributed by atoms with Crippen molar-refractivity contribution in [3.05, 3.63) is 29.6 Å². The zero-order valence-corrected chi connectivity index (χ0v) is 12.7. The number of carbonyl (C=O) groups excluding carboxylic acids is 1. The van der Waals surface area contributed by atoms with Gasteiger partial charge in [0.2, 0.25) is 0 Å². The van der Waals surface area contributed by atoms with E-state index in [-0.39, 0.29) is 18.7 Å². The van der Waals surface area contributed by atoms with Crippen molar-refractivity contribution in [2.24, 2.45) is 5.73 Å². The molecule has 0 radical (unpaired) electrons. The average molecular weight is 319 g/mol. The zero-order chi connectivity index (χ0) is 17.0. The van der Waals surface area contributed by atoms with Crippen LogP contribution < -0.4 is 11.1 Å². The van der Waals surface area contributed by atoms with Crippen molar-refractivity contribution in [3.8, 4) is 0 Å². The second kappa shape index (κ2) is 6.95. The second-order valence-electron chi connectivity index (χ2n) is 5.75. The Hall–Kier alpha value is -1.83. The summed E-state index contributed by atoms with van der Waals surface area (Å²) in [7, 11) is 0. The van der Waals surface area contributed by atoms with Crippen LogP contribution in [0.1, 0.15) is 37.9 Å². The highest BCUT2D eigenvalue weighted by atomic mass is 19.4. The van der Waals surface area contributed by atoms with Gasteiger partial charge in [-0.2, -0.15) is 13.2 Å². The van der Waals surface area contributed by atoms with Gasteiger partial charge in [0.25, 0.3) is 0 Å². The lowest BCUT2D eigenvalue weighted by atomic mass is 9.97. The van der Waals surface area contributed by atoms with Gasteiger partial charge in [0.1, 0.15) is 11.3 Å². The Kier molecular flexibility index (Phi) is 5.76. The van der Waals surface area contributed by atoms with Crippen molar-refractivity contribution in [2.45, 2.75) is 38.5 Å². The van der Waals surface area contributed by atoms with Crippen LogP contribution in [-0.4, -0.2) is 29.8 Å². The lowest BCUT2D eigenvalue weighted by molar-refractivity contribution is -0.142. The molecule has 0 aliphatic rings. The van der Waals surface area contributed by atoms with Gasteiger partial charge in [-0.1, -0.05) is 6.07 Å². The Morgan fingerprint density at radius 2 is 2.05 bits per heavy atom. The Morgan fingerprint density at radius 1 is 1.41 bits per heavy atom. The molecule has 0 aromatic carbocycles. The van der Waals surface area contributed by atoms with Crippen LogP contribution in [0.3, 0.4) is 0 Å². The van der Waals surface area contributed by atoms with Gasteiger partial charge in [0, 0.05) is 25.2 Å². The first kappa shape index (κ1) is 18.2. The molecule has 0 fully saturated rings. The summed E-state index contributed by atoms with van der Waals surface area (Å²) >= 11 is 0. The van der Waals surface area contributed by atoms with E-state index in [4.69, 9.17) is 10.5 Å². The minimum absolute atomic E-state index is 0.0476. The van der Waals surface area contributed by atoms with Crippen molar-refractivity contribution < 1.29 is 22.7 Å². The zero-order valence-electron chi connectivity index (χ0n) is 12.7. The van der Waals surface area contributed by atoms with Crippen LogP contribution in [0.15, 0.2) is 18.3 Å². The maximum absolute atomic E-state index is 13.0. The average Bonchev–Trinajstić information content (AvgIpc) is 2.36. The number of nitrogens with zero attached hydrogens (tertiary/aromatic N) is 1. The van der Waals surface area contributed by atoms with E-state index in [0.717, 1.165) is 6.20 Å². The first-order valence-electron chi connectivity index (χ1n) is 6.73. The summed E-state index contributed by atoms with van der Waals surface area (Å²) < 4.78 is 43.9. The van der Waals surface area contributed by atoms with E-state index >= 15 is 0 Å². The molecule has 3 N–H and O–H groups in total. The fourth-order valence-electron chi connectivity index (χ4n) is 1.82. The first-order chi connectivity index (χ1) is 10.0. The van der Waals surface area contributed by atoms with Crippen LogP contribution in [0.25, 0.3) is 0 Å². The van der Waals surface area contributed by atoms with E-state index in [2.05, 4.69) is 10.3 Å². The van der Waals surface area contributed by atoms with Gasteiger partial charge in [-0.05, 0) is 32.4 Å². The summed E-state index contributed by atoms with van der Waals surface area (Å²) in [4.78, 5) is 15.0. The van der Waals surface area contributed by atoms with Gasteiger partial charge >= 0.3 is 12.3 Å². The van der Waals surface area contributed by atoms with Crippen molar-refractivity contribution in [3.63, 3.8) is 0 Å². The van der Waals surface area contributed by atoms with E-state index in [0.29, 0.717) is 0 Å². The van der Waals surface area contributed by atoms with E-state index in [1.807, 2.05) is 0 Å². The van der Waals surface area contributed by atoms with Crippen LogP contribution in [0.4, 0.5) is 18.0 Å². The smallest absolute Gasteiger partial charge is 0.433 e. The van der Waals surface area contributed by atoms with E-state index in [1.54, 1.807) is 20.8 Å². The van der Waals surface area contributed by atoms with Gasteiger partial charge in [0.15, 0.2) is 0 Å². The molecule has 1 unspecified atom stereocenters.